The summed E-state index contributed by atoms with van der Waals surface area (Å²) in [6, 6.07) is 0. The number of aromatic amines is 1. The maximum Gasteiger partial charge on any atom is 0.264 e. The third kappa shape index (κ3) is 4.19. The highest BCUT2D eigenvalue weighted by molar-refractivity contribution is 5.95. The van der Waals surface area contributed by atoms with Gasteiger partial charge >= 0.3 is 0 Å². The van der Waals surface area contributed by atoms with Gasteiger partial charge in [-0.2, -0.15) is 0 Å². The van der Waals surface area contributed by atoms with Crippen molar-refractivity contribution in [2.24, 2.45) is 5.92 Å². The first-order chi connectivity index (χ1) is 10.8. The van der Waals surface area contributed by atoms with Gasteiger partial charge in [-0.15, -0.1) is 0 Å². The second-order valence-electron chi connectivity index (χ2n) is 6.96. The number of H-pyrrole nitrogens is 1. The van der Waals surface area contributed by atoms with Gasteiger partial charge in [0.25, 0.3) is 11.5 Å². The van der Waals surface area contributed by atoms with Crippen molar-refractivity contribution in [2.75, 3.05) is 19.7 Å². The minimum Gasteiger partial charge on any atom is -0.376 e. The summed E-state index contributed by atoms with van der Waals surface area (Å²) in [5.41, 5.74) is 0.297. The van der Waals surface area contributed by atoms with Crippen LogP contribution in [-0.2, 0) is 4.74 Å². The van der Waals surface area contributed by atoms with E-state index in [4.69, 9.17) is 4.74 Å². The van der Waals surface area contributed by atoms with Crippen LogP contribution in [0.2, 0.25) is 0 Å². The lowest BCUT2D eigenvalue weighted by Crippen LogP contribution is -2.36. The van der Waals surface area contributed by atoms with Crippen LogP contribution in [0.15, 0.2) is 4.79 Å². The molecule has 6 heteroatoms. The van der Waals surface area contributed by atoms with Gasteiger partial charge in [0, 0.05) is 25.6 Å². The summed E-state index contributed by atoms with van der Waals surface area (Å²) < 4.78 is 5.80. The number of carbonyl (C=O) groups excluding carboxylic acids is 1. The summed E-state index contributed by atoms with van der Waals surface area (Å²) in [4.78, 5) is 33.7. The molecule has 128 valence electrons. The fourth-order valence-corrected chi connectivity index (χ4v) is 2.67. The summed E-state index contributed by atoms with van der Waals surface area (Å²) in [6.07, 6.45) is 0.871. The third-order valence-electron chi connectivity index (χ3n) is 3.98. The molecular weight excluding hydrogens is 294 g/mol. The van der Waals surface area contributed by atoms with Crippen LogP contribution in [0.5, 0.6) is 0 Å². The highest BCUT2D eigenvalue weighted by Gasteiger charge is 2.30. The second-order valence-corrected chi connectivity index (χ2v) is 6.96. The van der Waals surface area contributed by atoms with Crippen molar-refractivity contribution < 1.29 is 9.53 Å². The van der Waals surface area contributed by atoms with Crippen molar-refractivity contribution in [1.29, 1.82) is 0 Å². The molecule has 1 aliphatic heterocycles. The van der Waals surface area contributed by atoms with E-state index in [0.29, 0.717) is 37.1 Å². The molecule has 0 aliphatic carbocycles. The number of hydrogen-bond donors (Lipinski definition) is 1. The van der Waals surface area contributed by atoms with Gasteiger partial charge in [0.2, 0.25) is 0 Å². The van der Waals surface area contributed by atoms with Crippen molar-refractivity contribution in [3.05, 3.63) is 27.4 Å². The molecule has 1 amide bonds. The number of aromatic nitrogens is 2. The van der Waals surface area contributed by atoms with Gasteiger partial charge in [-0.05, 0) is 19.3 Å². The number of carbonyl (C=O) groups is 1. The van der Waals surface area contributed by atoms with Crippen LogP contribution >= 0.6 is 0 Å². The molecule has 1 aromatic heterocycles. The number of rotatable bonds is 5. The van der Waals surface area contributed by atoms with E-state index in [1.165, 1.54) is 0 Å². The van der Waals surface area contributed by atoms with E-state index in [0.717, 1.165) is 6.42 Å². The Morgan fingerprint density at radius 2 is 2.09 bits per heavy atom. The van der Waals surface area contributed by atoms with Gasteiger partial charge in [0.1, 0.15) is 11.4 Å². The molecule has 2 heterocycles. The molecule has 1 aliphatic rings. The Morgan fingerprint density at radius 1 is 1.39 bits per heavy atom. The lowest BCUT2D eigenvalue weighted by molar-refractivity contribution is 0.0396. The average Bonchev–Trinajstić information content (AvgIpc) is 2.92. The predicted molar refractivity (Wildman–Crippen MR) is 88.8 cm³/mol. The predicted octanol–water partition coefficient (Wildman–Crippen LogP) is 2.09. The van der Waals surface area contributed by atoms with Crippen molar-refractivity contribution in [1.82, 2.24) is 14.9 Å². The van der Waals surface area contributed by atoms with Crippen molar-refractivity contribution in [3.63, 3.8) is 0 Å². The Bertz CT molecular complexity index is 622. The van der Waals surface area contributed by atoms with E-state index in [-0.39, 0.29) is 29.1 Å². The molecule has 1 fully saturated rings. The smallest absolute Gasteiger partial charge is 0.264 e. The molecule has 1 atom stereocenters. The third-order valence-corrected chi connectivity index (χ3v) is 3.98. The molecule has 2 rings (SSSR count). The molecule has 1 aromatic rings. The van der Waals surface area contributed by atoms with E-state index in [1.54, 1.807) is 11.8 Å². The SMILES string of the molecule is Cc1nc(C(C)C)[nH]c(=O)c1C(=O)N1CCC(OCC(C)C)C1. The first-order valence-corrected chi connectivity index (χ1v) is 8.31. The fraction of sp³-hybridized carbons (Fsp3) is 0.706. The quantitative estimate of drug-likeness (QED) is 0.901. The van der Waals surface area contributed by atoms with Gasteiger partial charge in [0.15, 0.2) is 0 Å². The number of ether oxygens (including phenoxy) is 1. The van der Waals surface area contributed by atoms with E-state index >= 15 is 0 Å². The number of aryl methyl sites for hydroxylation is 1. The van der Waals surface area contributed by atoms with Gasteiger partial charge in [0.05, 0.1) is 11.8 Å². The summed E-state index contributed by atoms with van der Waals surface area (Å²) in [6.45, 7) is 11.7. The first-order valence-electron chi connectivity index (χ1n) is 8.31. The molecule has 1 saturated heterocycles. The number of nitrogens with one attached hydrogen (secondary N) is 1. The molecule has 1 unspecified atom stereocenters. The summed E-state index contributed by atoms with van der Waals surface area (Å²) in [7, 11) is 0. The topological polar surface area (TPSA) is 75.3 Å². The Kier molecular flexibility index (Phi) is 5.57. The standard InChI is InChI=1S/C17H27N3O3/c1-10(2)9-23-13-6-7-20(8-13)17(22)14-12(5)18-15(11(3)4)19-16(14)21/h10-11,13H,6-9H2,1-5H3,(H,18,19,21). The van der Waals surface area contributed by atoms with Gasteiger partial charge in [-0.3, -0.25) is 9.59 Å². The molecule has 0 radical (unpaired) electrons. The maximum absolute atomic E-state index is 12.7. The highest BCUT2D eigenvalue weighted by Crippen LogP contribution is 2.17. The number of nitrogens with zero attached hydrogens (tertiary/aromatic N) is 2. The Balaban J connectivity index is 2.11. The summed E-state index contributed by atoms with van der Waals surface area (Å²) >= 11 is 0. The van der Waals surface area contributed by atoms with Gasteiger partial charge < -0.3 is 14.6 Å². The van der Waals surface area contributed by atoms with Crippen LogP contribution in [0.4, 0.5) is 0 Å². The lowest BCUT2D eigenvalue weighted by atomic mass is 10.1. The zero-order chi connectivity index (χ0) is 17.1. The van der Waals surface area contributed by atoms with Gasteiger partial charge in [-0.25, -0.2) is 4.98 Å². The highest BCUT2D eigenvalue weighted by atomic mass is 16.5. The number of hydrogen-bond acceptors (Lipinski definition) is 4. The van der Waals surface area contributed by atoms with Crippen LogP contribution in [0.1, 0.15) is 61.9 Å². The Morgan fingerprint density at radius 3 is 2.65 bits per heavy atom. The van der Waals surface area contributed by atoms with Crippen molar-refractivity contribution in [3.8, 4) is 0 Å². The van der Waals surface area contributed by atoms with Crippen molar-refractivity contribution >= 4 is 5.91 Å². The molecule has 1 N–H and O–H groups in total. The van der Waals surface area contributed by atoms with E-state index in [9.17, 15) is 9.59 Å². The largest absolute Gasteiger partial charge is 0.376 e. The number of amides is 1. The van der Waals surface area contributed by atoms with Crippen LogP contribution in [0.3, 0.4) is 0 Å². The Labute approximate surface area is 137 Å². The fourth-order valence-electron chi connectivity index (χ4n) is 2.67. The monoisotopic (exact) mass is 321 g/mol. The van der Waals surface area contributed by atoms with Crippen LogP contribution < -0.4 is 5.56 Å². The minimum atomic E-state index is -0.349. The first kappa shape index (κ1) is 17.7. The van der Waals surface area contributed by atoms with Gasteiger partial charge in [-0.1, -0.05) is 27.7 Å². The molecule has 23 heavy (non-hydrogen) atoms. The molecule has 0 aromatic carbocycles. The molecule has 6 nitrogen and oxygen atoms in total. The Hall–Kier alpha value is -1.69. The van der Waals surface area contributed by atoms with E-state index in [2.05, 4.69) is 23.8 Å². The van der Waals surface area contributed by atoms with Crippen LogP contribution in [-0.4, -0.2) is 46.6 Å². The van der Waals surface area contributed by atoms with E-state index < -0.39 is 0 Å². The van der Waals surface area contributed by atoms with Crippen LogP contribution in [0.25, 0.3) is 0 Å². The minimum absolute atomic E-state index is 0.0589. The molecule has 0 bridgehead atoms. The average molecular weight is 321 g/mol. The maximum atomic E-state index is 12.7. The lowest BCUT2D eigenvalue weighted by Gasteiger charge is -2.18. The second kappa shape index (κ2) is 7.25. The zero-order valence-corrected chi connectivity index (χ0v) is 14.7. The number of likely N-dealkylation sites (tertiary alicyclic amines) is 1. The molecule has 0 spiro atoms. The normalized spacial score (nSPS) is 18.2. The molecular formula is C17H27N3O3. The summed E-state index contributed by atoms with van der Waals surface area (Å²) in [5.74, 6) is 0.953. The molecule has 0 saturated carbocycles. The van der Waals surface area contributed by atoms with Crippen molar-refractivity contribution in [2.45, 2.75) is 53.1 Å². The summed E-state index contributed by atoms with van der Waals surface area (Å²) in [5, 5.41) is 0. The van der Waals surface area contributed by atoms with E-state index in [1.807, 2.05) is 13.8 Å². The van der Waals surface area contributed by atoms with Crippen LogP contribution in [0, 0.1) is 12.8 Å². The zero-order valence-electron chi connectivity index (χ0n) is 14.7.